The third-order valence-electron chi connectivity index (χ3n) is 3.88. The molecule has 0 saturated heterocycles. The molecule has 0 amide bonds. The van der Waals surface area contributed by atoms with Crippen LogP contribution < -0.4 is 5.32 Å². The molecule has 0 aliphatic rings. The first-order valence-electron chi connectivity index (χ1n) is 7.68. The van der Waals surface area contributed by atoms with Crippen molar-refractivity contribution in [3.8, 4) is 0 Å². The summed E-state index contributed by atoms with van der Waals surface area (Å²) in [6.45, 7) is 0. The molecule has 0 aliphatic heterocycles. The molecule has 0 bridgehead atoms. The quantitative estimate of drug-likeness (QED) is 0.586. The fourth-order valence-electron chi connectivity index (χ4n) is 2.70. The summed E-state index contributed by atoms with van der Waals surface area (Å²) in [5.41, 5.74) is 3.92. The second-order valence-electron chi connectivity index (χ2n) is 5.49. The van der Waals surface area contributed by atoms with Gasteiger partial charge in [0.05, 0.1) is 5.52 Å². The van der Waals surface area contributed by atoms with Crippen LogP contribution >= 0.6 is 11.6 Å². The fourth-order valence-corrected chi connectivity index (χ4v) is 2.83. The van der Waals surface area contributed by atoms with Crippen LogP contribution in [-0.4, -0.2) is 15.0 Å². The number of benzene rings is 3. The van der Waals surface area contributed by atoms with Crippen molar-refractivity contribution in [2.24, 2.45) is 0 Å². The van der Waals surface area contributed by atoms with E-state index in [1.807, 2.05) is 71.4 Å². The largest absolute Gasteiger partial charge is 0.360 e. The van der Waals surface area contributed by atoms with Crippen LogP contribution in [0.4, 0.5) is 5.69 Å². The van der Waals surface area contributed by atoms with Crippen LogP contribution in [0.5, 0.6) is 0 Å². The highest BCUT2D eigenvalue weighted by molar-refractivity contribution is 6.30. The van der Waals surface area contributed by atoms with Crippen molar-refractivity contribution in [3.63, 3.8) is 0 Å². The maximum absolute atomic E-state index is 5.99. The molecule has 4 aromatic rings. The number of hydrogen-bond donors (Lipinski definition) is 1. The van der Waals surface area contributed by atoms with E-state index in [2.05, 4.69) is 27.8 Å². The van der Waals surface area contributed by atoms with Crippen molar-refractivity contribution in [2.45, 2.75) is 6.17 Å². The molecule has 5 heteroatoms. The summed E-state index contributed by atoms with van der Waals surface area (Å²) in [6, 6.07) is 25.8. The maximum Gasteiger partial charge on any atom is 0.149 e. The van der Waals surface area contributed by atoms with E-state index >= 15 is 0 Å². The first-order chi connectivity index (χ1) is 11.8. The minimum atomic E-state index is -0.167. The van der Waals surface area contributed by atoms with Crippen LogP contribution in [-0.2, 0) is 0 Å². The number of halogens is 1. The number of para-hydroxylation sites is 1. The van der Waals surface area contributed by atoms with E-state index in [0.717, 1.165) is 22.3 Å². The summed E-state index contributed by atoms with van der Waals surface area (Å²) in [6.07, 6.45) is -0.167. The van der Waals surface area contributed by atoms with Gasteiger partial charge in [0, 0.05) is 10.7 Å². The van der Waals surface area contributed by atoms with E-state index in [9.17, 15) is 0 Å². The smallest absolute Gasteiger partial charge is 0.149 e. The molecule has 0 spiro atoms. The van der Waals surface area contributed by atoms with Crippen molar-refractivity contribution in [3.05, 3.63) is 89.4 Å². The average molecular weight is 335 g/mol. The summed E-state index contributed by atoms with van der Waals surface area (Å²) in [4.78, 5) is 0. The number of hydrogen-bond acceptors (Lipinski definition) is 3. The zero-order valence-corrected chi connectivity index (χ0v) is 13.6. The molecule has 0 fully saturated rings. The van der Waals surface area contributed by atoms with Crippen LogP contribution in [0, 0.1) is 0 Å². The van der Waals surface area contributed by atoms with Crippen LogP contribution in [0.25, 0.3) is 11.0 Å². The average Bonchev–Trinajstić information content (AvgIpc) is 3.06. The standard InChI is InChI=1S/C19H15ClN4/c20-15-10-12-16(13-11-15)21-19(14-6-2-1-3-7-14)24-18-9-5-4-8-17(18)22-23-24/h1-13,19,21H. The van der Waals surface area contributed by atoms with Gasteiger partial charge in [0.25, 0.3) is 0 Å². The SMILES string of the molecule is Clc1ccc(NC(c2ccccc2)n2nnc3ccccc32)cc1. The van der Waals surface area contributed by atoms with E-state index in [0.29, 0.717) is 5.02 Å². The van der Waals surface area contributed by atoms with Gasteiger partial charge in [-0.25, -0.2) is 4.68 Å². The van der Waals surface area contributed by atoms with E-state index in [-0.39, 0.29) is 6.17 Å². The highest BCUT2D eigenvalue weighted by Gasteiger charge is 2.17. The minimum Gasteiger partial charge on any atom is -0.360 e. The lowest BCUT2D eigenvalue weighted by Gasteiger charge is -2.21. The Hall–Kier alpha value is -2.85. The molecule has 3 aromatic carbocycles. The Morgan fingerprint density at radius 1 is 0.833 bits per heavy atom. The molecule has 0 radical (unpaired) electrons. The Labute approximate surface area is 144 Å². The predicted octanol–water partition coefficient (Wildman–Crippen LogP) is 4.74. The normalized spacial score (nSPS) is 12.2. The van der Waals surface area contributed by atoms with Gasteiger partial charge in [0.1, 0.15) is 11.7 Å². The summed E-state index contributed by atoms with van der Waals surface area (Å²) in [7, 11) is 0. The topological polar surface area (TPSA) is 42.7 Å². The second-order valence-corrected chi connectivity index (χ2v) is 5.92. The summed E-state index contributed by atoms with van der Waals surface area (Å²) < 4.78 is 1.90. The van der Waals surface area contributed by atoms with Gasteiger partial charge in [0.15, 0.2) is 0 Å². The fraction of sp³-hybridized carbons (Fsp3) is 0.0526. The van der Waals surface area contributed by atoms with Crippen molar-refractivity contribution in [2.75, 3.05) is 5.32 Å². The molecule has 1 atom stereocenters. The first kappa shape index (κ1) is 14.7. The molecule has 1 unspecified atom stereocenters. The minimum absolute atomic E-state index is 0.167. The van der Waals surface area contributed by atoms with Gasteiger partial charge in [-0.1, -0.05) is 59.3 Å². The Balaban J connectivity index is 1.80. The number of nitrogens with one attached hydrogen (secondary N) is 1. The van der Waals surface area contributed by atoms with Crippen LogP contribution in [0.1, 0.15) is 11.7 Å². The molecule has 24 heavy (non-hydrogen) atoms. The van der Waals surface area contributed by atoms with E-state index in [1.165, 1.54) is 0 Å². The van der Waals surface area contributed by atoms with Gasteiger partial charge in [0.2, 0.25) is 0 Å². The molecule has 1 heterocycles. The number of aromatic nitrogens is 3. The van der Waals surface area contributed by atoms with Crippen molar-refractivity contribution in [1.29, 1.82) is 0 Å². The third-order valence-corrected chi connectivity index (χ3v) is 4.14. The van der Waals surface area contributed by atoms with Crippen LogP contribution in [0.3, 0.4) is 0 Å². The third kappa shape index (κ3) is 2.84. The maximum atomic E-state index is 5.99. The molecule has 4 nitrogen and oxygen atoms in total. The van der Waals surface area contributed by atoms with Gasteiger partial charge in [-0.05, 0) is 42.0 Å². The molecule has 0 aliphatic carbocycles. The zero-order chi connectivity index (χ0) is 16.4. The summed E-state index contributed by atoms with van der Waals surface area (Å²) >= 11 is 5.99. The Kier molecular flexibility index (Phi) is 3.89. The zero-order valence-electron chi connectivity index (χ0n) is 12.8. The second kappa shape index (κ2) is 6.34. The Morgan fingerprint density at radius 2 is 1.54 bits per heavy atom. The number of anilines is 1. The number of rotatable bonds is 4. The van der Waals surface area contributed by atoms with Gasteiger partial charge < -0.3 is 5.32 Å². The van der Waals surface area contributed by atoms with Crippen molar-refractivity contribution >= 4 is 28.3 Å². The van der Waals surface area contributed by atoms with Gasteiger partial charge in [-0.15, -0.1) is 5.10 Å². The van der Waals surface area contributed by atoms with Crippen LogP contribution in [0.15, 0.2) is 78.9 Å². The predicted molar refractivity (Wildman–Crippen MR) is 97.2 cm³/mol. The van der Waals surface area contributed by atoms with E-state index in [4.69, 9.17) is 11.6 Å². The van der Waals surface area contributed by atoms with E-state index in [1.54, 1.807) is 0 Å². The van der Waals surface area contributed by atoms with Gasteiger partial charge in [-0.2, -0.15) is 0 Å². The molecular weight excluding hydrogens is 320 g/mol. The van der Waals surface area contributed by atoms with Gasteiger partial charge in [-0.3, -0.25) is 0 Å². The number of fused-ring (bicyclic) bond motifs is 1. The molecule has 4 rings (SSSR count). The first-order valence-corrected chi connectivity index (χ1v) is 8.06. The summed E-state index contributed by atoms with van der Waals surface area (Å²) in [5.74, 6) is 0. The highest BCUT2D eigenvalue weighted by Crippen LogP contribution is 2.25. The summed E-state index contributed by atoms with van der Waals surface area (Å²) in [5, 5.41) is 12.9. The Morgan fingerprint density at radius 3 is 2.33 bits per heavy atom. The molecular formula is C19H15ClN4. The Bertz CT molecular complexity index is 948. The molecule has 118 valence electrons. The van der Waals surface area contributed by atoms with Crippen molar-refractivity contribution < 1.29 is 0 Å². The molecule has 1 N–H and O–H groups in total. The van der Waals surface area contributed by atoms with E-state index < -0.39 is 0 Å². The van der Waals surface area contributed by atoms with Crippen molar-refractivity contribution in [1.82, 2.24) is 15.0 Å². The molecule has 0 saturated carbocycles. The molecule has 1 aromatic heterocycles. The lowest BCUT2D eigenvalue weighted by molar-refractivity contribution is 0.571. The lowest BCUT2D eigenvalue weighted by atomic mass is 10.1. The highest BCUT2D eigenvalue weighted by atomic mass is 35.5. The lowest BCUT2D eigenvalue weighted by Crippen LogP contribution is -2.21. The number of nitrogens with zero attached hydrogens (tertiary/aromatic N) is 3. The van der Waals surface area contributed by atoms with Gasteiger partial charge >= 0.3 is 0 Å². The monoisotopic (exact) mass is 334 g/mol. The van der Waals surface area contributed by atoms with Crippen LogP contribution in [0.2, 0.25) is 5.02 Å².